The molecule has 0 aliphatic rings. The molecule has 3 heteroatoms. The maximum atomic E-state index is 6.55. The van der Waals surface area contributed by atoms with Crippen molar-refractivity contribution < 1.29 is 4.42 Å². The summed E-state index contributed by atoms with van der Waals surface area (Å²) in [5.41, 5.74) is 14.3. The zero-order valence-corrected chi connectivity index (χ0v) is 28.9. The Morgan fingerprint density at radius 1 is 0.358 bits per heavy atom. The molecule has 2 aromatic heterocycles. The molecule has 0 saturated carbocycles. The number of furan rings is 1. The summed E-state index contributed by atoms with van der Waals surface area (Å²) in [7, 11) is 0. The highest BCUT2D eigenvalue weighted by atomic mass is 16.3. The Labute approximate surface area is 308 Å². The SMILES string of the molecule is c1ccc(-c2ccc(N(c3ccc(-c4ccccc4)cc3)c3cccc(-c4ccc5c(c4)c4c6ccccc6oc4n5-c4ccccc4)c3)cc2)cc1. The van der Waals surface area contributed by atoms with Crippen LogP contribution in [0.3, 0.4) is 0 Å². The fourth-order valence-electron chi connectivity index (χ4n) is 7.64. The first kappa shape index (κ1) is 30.7. The summed E-state index contributed by atoms with van der Waals surface area (Å²) >= 11 is 0. The molecule has 0 bridgehead atoms. The monoisotopic (exact) mass is 678 g/mol. The standard InChI is InChI=1S/C50H34N2O/c1-4-13-35(14-5-1)37-23-28-42(29-24-37)51(43-30-25-38(26-31-43)36-15-6-2-7-16-36)44-20-12-17-39(33-44)40-27-32-47-46(34-40)49-45-21-10-11-22-48(45)53-50(49)52(47)41-18-8-3-9-19-41/h1-34H. The van der Waals surface area contributed by atoms with Crippen LogP contribution in [0.5, 0.6) is 0 Å². The molecule has 3 nitrogen and oxygen atoms in total. The van der Waals surface area contributed by atoms with E-state index in [9.17, 15) is 0 Å². The van der Waals surface area contributed by atoms with Crippen molar-refractivity contribution in [2.45, 2.75) is 0 Å². The first-order chi connectivity index (χ1) is 26.3. The predicted octanol–water partition coefficient (Wildman–Crippen LogP) is 14.0. The van der Waals surface area contributed by atoms with Gasteiger partial charge in [-0.2, -0.15) is 0 Å². The summed E-state index contributed by atoms with van der Waals surface area (Å²) in [6.07, 6.45) is 0. The number of fused-ring (bicyclic) bond motifs is 5. The Morgan fingerprint density at radius 3 is 1.51 bits per heavy atom. The molecule has 0 aliphatic carbocycles. The summed E-state index contributed by atoms with van der Waals surface area (Å²) < 4.78 is 8.79. The summed E-state index contributed by atoms with van der Waals surface area (Å²) in [6.45, 7) is 0. The van der Waals surface area contributed by atoms with Crippen LogP contribution in [0.15, 0.2) is 211 Å². The van der Waals surface area contributed by atoms with Crippen molar-refractivity contribution in [3.63, 3.8) is 0 Å². The van der Waals surface area contributed by atoms with Crippen LogP contribution in [0, 0.1) is 0 Å². The second-order valence-electron chi connectivity index (χ2n) is 13.4. The van der Waals surface area contributed by atoms with Crippen LogP contribution >= 0.6 is 0 Å². The third-order valence-electron chi connectivity index (χ3n) is 10.2. The molecule has 8 aromatic carbocycles. The highest BCUT2D eigenvalue weighted by molar-refractivity contribution is 6.20. The normalized spacial score (nSPS) is 11.4. The van der Waals surface area contributed by atoms with Crippen molar-refractivity contribution in [1.29, 1.82) is 0 Å². The molecule has 53 heavy (non-hydrogen) atoms. The lowest BCUT2D eigenvalue weighted by atomic mass is 10.0. The highest BCUT2D eigenvalue weighted by Gasteiger charge is 2.20. The Kier molecular flexibility index (Phi) is 7.47. The first-order valence-corrected chi connectivity index (χ1v) is 18.0. The van der Waals surface area contributed by atoms with Gasteiger partial charge in [-0.05, 0) is 100 Å². The fraction of sp³-hybridized carbons (Fsp3) is 0. The molecule has 0 aliphatic heterocycles. The average molecular weight is 679 g/mol. The van der Waals surface area contributed by atoms with Crippen molar-refractivity contribution in [2.75, 3.05) is 4.90 Å². The number of aromatic nitrogens is 1. The van der Waals surface area contributed by atoms with Crippen LogP contribution in [0.4, 0.5) is 17.1 Å². The van der Waals surface area contributed by atoms with Crippen molar-refractivity contribution in [2.24, 2.45) is 0 Å². The molecule has 250 valence electrons. The Balaban J connectivity index is 1.10. The number of hydrogen-bond acceptors (Lipinski definition) is 2. The topological polar surface area (TPSA) is 21.3 Å². The smallest absolute Gasteiger partial charge is 0.213 e. The van der Waals surface area contributed by atoms with Crippen LogP contribution in [-0.2, 0) is 0 Å². The van der Waals surface area contributed by atoms with E-state index in [0.717, 1.165) is 61.5 Å². The zero-order valence-electron chi connectivity index (χ0n) is 28.9. The molecular formula is C50H34N2O. The van der Waals surface area contributed by atoms with E-state index in [4.69, 9.17) is 4.42 Å². The van der Waals surface area contributed by atoms with E-state index in [1.54, 1.807) is 0 Å². The van der Waals surface area contributed by atoms with Crippen molar-refractivity contribution in [3.8, 4) is 39.1 Å². The molecule has 10 aromatic rings. The second kappa shape index (κ2) is 12.9. The summed E-state index contributed by atoms with van der Waals surface area (Å²) in [5.74, 6) is 0. The number of hydrogen-bond donors (Lipinski definition) is 0. The van der Waals surface area contributed by atoms with Gasteiger partial charge in [0.25, 0.3) is 0 Å². The predicted molar refractivity (Wildman–Crippen MR) is 222 cm³/mol. The lowest BCUT2D eigenvalue weighted by Gasteiger charge is -2.26. The zero-order chi connectivity index (χ0) is 35.1. The van der Waals surface area contributed by atoms with Gasteiger partial charge in [0, 0.05) is 33.5 Å². The minimum atomic E-state index is 0.863. The van der Waals surface area contributed by atoms with E-state index in [-0.39, 0.29) is 0 Å². The molecular weight excluding hydrogens is 645 g/mol. The largest absolute Gasteiger partial charge is 0.439 e. The second-order valence-corrected chi connectivity index (χ2v) is 13.4. The molecule has 0 fully saturated rings. The Morgan fingerprint density at radius 2 is 0.868 bits per heavy atom. The van der Waals surface area contributed by atoms with E-state index in [2.05, 4.69) is 210 Å². The van der Waals surface area contributed by atoms with Gasteiger partial charge in [0.05, 0.1) is 10.9 Å². The quantitative estimate of drug-likeness (QED) is 0.167. The minimum absolute atomic E-state index is 0.863. The van der Waals surface area contributed by atoms with E-state index in [1.165, 1.54) is 27.6 Å². The van der Waals surface area contributed by atoms with Crippen molar-refractivity contribution >= 4 is 50.0 Å². The van der Waals surface area contributed by atoms with Crippen molar-refractivity contribution in [1.82, 2.24) is 4.57 Å². The van der Waals surface area contributed by atoms with Gasteiger partial charge in [0.2, 0.25) is 5.71 Å². The van der Waals surface area contributed by atoms with Crippen LogP contribution in [0.25, 0.3) is 72.0 Å². The molecule has 0 amide bonds. The number of para-hydroxylation sites is 2. The lowest BCUT2D eigenvalue weighted by molar-refractivity contribution is 0.645. The third-order valence-corrected chi connectivity index (χ3v) is 10.2. The summed E-state index contributed by atoms with van der Waals surface area (Å²) in [4.78, 5) is 2.35. The summed E-state index contributed by atoms with van der Waals surface area (Å²) in [5, 5.41) is 3.43. The van der Waals surface area contributed by atoms with Gasteiger partial charge in [0.1, 0.15) is 5.58 Å². The Hall–Kier alpha value is -7.10. The number of benzene rings is 8. The van der Waals surface area contributed by atoms with Gasteiger partial charge in [-0.15, -0.1) is 0 Å². The number of rotatable bonds is 7. The van der Waals surface area contributed by atoms with Crippen LogP contribution in [-0.4, -0.2) is 4.57 Å². The highest BCUT2D eigenvalue weighted by Crippen LogP contribution is 2.42. The van der Waals surface area contributed by atoms with Gasteiger partial charge < -0.3 is 9.32 Å². The maximum Gasteiger partial charge on any atom is 0.213 e. The molecule has 0 saturated heterocycles. The molecule has 10 rings (SSSR count). The van der Waals surface area contributed by atoms with Gasteiger partial charge in [0.15, 0.2) is 0 Å². The van der Waals surface area contributed by atoms with Crippen LogP contribution in [0.2, 0.25) is 0 Å². The van der Waals surface area contributed by atoms with Gasteiger partial charge in [-0.1, -0.05) is 140 Å². The minimum Gasteiger partial charge on any atom is -0.439 e. The summed E-state index contributed by atoms with van der Waals surface area (Å²) in [6, 6.07) is 73.3. The van der Waals surface area contributed by atoms with Gasteiger partial charge in [-0.3, -0.25) is 4.57 Å². The lowest BCUT2D eigenvalue weighted by Crippen LogP contribution is -2.10. The van der Waals surface area contributed by atoms with Crippen LogP contribution in [0.1, 0.15) is 0 Å². The molecule has 0 N–H and O–H groups in total. The molecule has 0 atom stereocenters. The van der Waals surface area contributed by atoms with E-state index < -0.39 is 0 Å². The van der Waals surface area contributed by atoms with Crippen molar-refractivity contribution in [3.05, 3.63) is 206 Å². The maximum absolute atomic E-state index is 6.55. The van der Waals surface area contributed by atoms with Gasteiger partial charge in [-0.25, -0.2) is 0 Å². The average Bonchev–Trinajstić information content (AvgIpc) is 3.77. The fourth-order valence-corrected chi connectivity index (χ4v) is 7.64. The van der Waals surface area contributed by atoms with E-state index in [0.29, 0.717) is 0 Å². The molecule has 2 heterocycles. The van der Waals surface area contributed by atoms with E-state index >= 15 is 0 Å². The number of nitrogens with zero attached hydrogens (tertiary/aromatic N) is 2. The molecule has 0 unspecified atom stereocenters. The third kappa shape index (κ3) is 5.47. The van der Waals surface area contributed by atoms with Gasteiger partial charge >= 0.3 is 0 Å². The van der Waals surface area contributed by atoms with E-state index in [1.807, 2.05) is 6.07 Å². The molecule has 0 spiro atoms. The number of anilines is 3. The molecule has 0 radical (unpaired) electrons. The first-order valence-electron chi connectivity index (χ1n) is 18.0. The van der Waals surface area contributed by atoms with Crippen LogP contribution < -0.4 is 4.90 Å². The Bertz CT molecular complexity index is 2770.